The molecule has 0 aromatic heterocycles. The van der Waals surface area contributed by atoms with Gasteiger partial charge in [-0.25, -0.2) is 0 Å². The first-order valence-electron chi connectivity index (χ1n) is 8.28. The smallest absolute Gasteiger partial charge is 0.119 e. The Hall–Kier alpha value is -1.84. The van der Waals surface area contributed by atoms with Crippen LogP contribution < -0.4 is 10.1 Å². The molecule has 23 heavy (non-hydrogen) atoms. The third kappa shape index (κ3) is 5.70. The fourth-order valence-electron chi connectivity index (χ4n) is 2.50. The molecule has 3 nitrogen and oxygen atoms in total. The van der Waals surface area contributed by atoms with E-state index in [1.54, 1.807) is 0 Å². The lowest BCUT2D eigenvalue weighted by Crippen LogP contribution is -2.33. The van der Waals surface area contributed by atoms with Crippen molar-refractivity contribution in [3.05, 3.63) is 65.7 Å². The minimum Gasteiger partial charge on any atom is -0.491 e. The Labute approximate surface area is 139 Å². The van der Waals surface area contributed by atoms with E-state index in [0.717, 1.165) is 24.3 Å². The standard InChI is InChI=1S/C20H27NO2/c1-15(2)23-19-11-9-17(10-12-19)13-14-21-16(3)20(22)18-7-5-4-6-8-18/h4-12,15-16,20-22H,13-14H2,1-3H3. The van der Waals surface area contributed by atoms with Crippen LogP contribution in [0, 0.1) is 0 Å². The van der Waals surface area contributed by atoms with E-state index in [0.29, 0.717) is 0 Å². The normalized spacial score (nSPS) is 13.8. The highest BCUT2D eigenvalue weighted by Gasteiger charge is 2.14. The molecule has 0 heterocycles. The van der Waals surface area contributed by atoms with E-state index in [4.69, 9.17) is 4.74 Å². The summed E-state index contributed by atoms with van der Waals surface area (Å²) in [7, 11) is 0. The molecule has 0 aliphatic carbocycles. The number of aliphatic hydroxyl groups excluding tert-OH is 1. The summed E-state index contributed by atoms with van der Waals surface area (Å²) in [6.45, 7) is 6.89. The molecule has 0 aliphatic heterocycles. The zero-order valence-electron chi connectivity index (χ0n) is 14.2. The van der Waals surface area contributed by atoms with Crippen molar-refractivity contribution in [2.24, 2.45) is 0 Å². The molecule has 2 unspecified atom stereocenters. The number of hydrogen-bond donors (Lipinski definition) is 2. The SMILES string of the molecule is CC(C)Oc1ccc(CCNC(C)C(O)c2ccccc2)cc1. The van der Waals surface area contributed by atoms with Crippen molar-refractivity contribution in [3.8, 4) is 5.75 Å². The average Bonchev–Trinajstić information content (AvgIpc) is 2.56. The highest BCUT2D eigenvalue weighted by atomic mass is 16.5. The lowest BCUT2D eigenvalue weighted by Gasteiger charge is -2.20. The second-order valence-corrected chi connectivity index (χ2v) is 6.16. The molecule has 0 aliphatic rings. The Morgan fingerprint density at radius 1 is 0.957 bits per heavy atom. The van der Waals surface area contributed by atoms with Crippen LogP contribution >= 0.6 is 0 Å². The Kier molecular flexibility index (Phi) is 6.63. The molecule has 124 valence electrons. The van der Waals surface area contributed by atoms with Crippen molar-refractivity contribution >= 4 is 0 Å². The van der Waals surface area contributed by atoms with E-state index in [9.17, 15) is 5.11 Å². The minimum atomic E-state index is -0.488. The van der Waals surface area contributed by atoms with Gasteiger partial charge in [0.1, 0.15) is 5.75 Å². The first kappa shape index (κ1) is 17.5. The van der Waals surface area contributed by atoms with Crippen LogP contribution in [0.15, 0.2) is 54.6 Å². The maximum atomic E-state index is 10.3. The lowest BCUT2D eigenvalue weighted by molar-refractivity contribution is 0.136. The molecule has 3 heteroatoms. The summed E-state index contributed by atoms with van der Waals surface area (Å²) in [6.07, 6.45) is 0.634. The Balaban J connectivity index is 1.78. The van der Waals surface area contributed by atoms with Gasteiger partial charge in [0, 0.05) is 6.04 Å². The molecule has 0 bridgehead atoms. The fraction of sp³-hybridized carbons (Fsp3) is 0.400. The van der Waals surface area contributed by atoms with Crippen LogP contribution in [0.25, 0.3) is 0 Å². The number of ether oxygens (including phenoxy) is 1. The first-order valence-corrected chi connectivity index (χ1v) is 8.28. The van der Waals surface area contributed by atoms with Gasteiger partial charge >= 0.3 is 0 Å². The van der Waals surface area contributed by atoms with Crippen LogP contribution in [-0.4, -0.2) is 23.8 Å². The van der Waals surface area contributed by atoms with Crippen LogP contribution in [0.2, 0.25) is 0 Å². The van der Waals surface area contributed by atoms with Crippen molar-refractivity contribution in [1.29, 1.82) is 0 Å². The molecule has 0 radical (unpaired) electrons. The number of nitrogens with one attached hydrogen (secondary N) is 1. The number of benzene rings is 2. The number of hydrogen-bond acceptors (Lipinski definition) is 3. The van der Waals surface area contributed by atoms with E-state index in [2.05, 4.69) is 17.4 Å². The minimum absolute atomic E-state index is 0.0148. The summed E-state index contributed by atoms with van der Waals surface area (Å²) >= 11 is 0. The summed E-state index contributed by atoms with van der Waals surface area (Å²) in [4.78, 5) is 0. The van der Waals surface area contributed by atoms with Crippen molar-refractivity contribution < 1.29 is 9.84 Å². The van der Waals surface area contributed by atoms with Gasteiger partial charge in [-0.15, -0.1) is 0 Å². The van der Waals surface area contributed by atoms with Crippen molar-refractivity contribution in [2.75, 3.05) is 6.54 Å². The van der Waals surface area contributed by atoms with Gasteiger partial charge in [0.2, 0.25) is 0 Å². The molecule has 2 N–H and O–H groups in total. The second-order valence-electron chi connectivity index (χ2n) is 6.16. The van der Waals surface area contributed by atoms with Crippen LogP contribution in [-0.2, 0) is 6.42 Å². The molecule has 2 atom stereocenters. The lowest BCUT2D eigenvalue weighted by atomic mass is 10.0. The largest absolute Gasteiger partial charge is 0.491 e. The van der Waals surface area contributed by atoms with Gasteiger partial charge in [-0.3, -0.25) is 0 Å². The summed E-state index contributed by atoms with van der Waals surface area (Å²) in [5, 5.41) is 13.7. The van der Waals surface area contributed by atoms with Crippen molar-refractivity contribution in [1.82, 2.24) is 5.32 Å². The molecule has 2 aromatic rings. The molecule has 0 saturated carbocycles. The van der Waals surface area contributed by atoms with E-state index < -0.39 is 6.10 Å². The summed E-state index contributed by atoms with van der Waals surface area (Å²) in [5.74, 6) is 0.907. The molecular weight excluding hydrogens is 286 g/mol. The average molecular weight is 313 g/mol. The molecule has 0 spiro atoms. The van der Waals surface area contributed by atoms with Crippen LogP contribution in [0.3, 0.4) is 0 Å². The summed E-state index contributed by atoms with van der Waals surface area (Å²) in [6, 6.07) is 18.0. The molecular formula is C20H27NO2. The van der Waals surface area contributed by atoms with E-state index >= 15 is 0 Å². The summed E-state index contributed by atoms with van der Waals surface area (Å²) in [5.41, 5.74) is 2.21. The van der Waals surface area contributed by atoms with Gasteiger partial charge in [-0.05, 0) is 57.0 Å². The molecule has 2 aromatic carbocycles. The number of rotatable bonds is 8. The molecule has 0 fully saturated rings. The third-order valence-electron chi connectivity index (χ3n) is 3.79. The van der Waals surface area contributed by atoms with Gasteiger partial charge in [0.25, 0.3) is 0 Å². The topological polar surface area (TPSA) is 41.5 Å². The third-order valence-corrected chi connectivity index (χ3v) is 3.79. The van der Waals surface area contributed by atoms with Crippen molar-refractivity contribution in [2.45, 2.75) is 45.4 Å². The van der Waals surface area contributed by atoms with E-state index in [1.807, 2.05) is 63.2 Å². The Bertz CT molecular complexity index is 566. The van der Waals surface area contributed by atoms with Gasteiger partial charge in [0.15, 0.2) is 0 Å². The van der Waals surface area contributed by atoms with Crippen molar-refractivity contribution in [3.63, 3.8) is 0 Å². The molecule has 0 saturated heterocycles. The van der Waals surface area contributed by atoms with Gasteiger partial charge in [-0.1, -0.05) is 42.5 Å². The first-order chi connectivity index (χ1) is 11.1. The van der Waals surface area contributed by atoms with Crippen LogP contribution in [0.5, 0.6) is 5.75 Å². The van der Waals surface area contributed by atoms with Crippen LogP contribution in [0.1, 0.15) is 38.0 Å². The quantitative estimate of drug-likeness (QED) is 0.780. The predicted octanol–water partition coefficient (Wildman–Crippen LogP) is 3.73. The maximum absolute atomic E-state index is 10.3. The highest BCUT2D eigenvalue weighted by Crippen LogP contribution is 2.17. The van der Waals surface area contributed by atoms with E-state index in [-0.39, 0.29) is 12.1 Å². The maximum Gasteiger partial charge on any atom is 0.119 e. The van der Waals surface area contributed by atoms with E-state index in [1.165, 1.54) is 5.56 Å². The summed E-state index contributed by atoms with van der Waals surface area (Å²) < 4.78 is 5.64. The van der Waals surface area contributed by atoms with Crippen LogP contribution in [0.4, 0.5) is 0 Å². The zero-order chi connectivity index (χ0) is 16.7. The monoisotopic (exact) mass is 313 g/mol. The molecule has 2 rings (SSSR count). The van der Waals surface area contributed by atoms with Gasteiger partial charge in [-0.2, -0.15) is 0 Å². The predicted molar refractivity (Wildman–Crippen MR) is 94.8 cm³/mol. The Morgan fingerprint density at radius 2 is 1.61 bits per heavy atom. The zero-order valence-corrected chi connectivity index (χ0v) is 14.2. The molecule has 0 amide bonds. The fourth-order valence-corrected chi connectivity index (χ4v) is 2.50. The second kappa shape index (κ2) is 8.70. The van der Waals surface area contributed by atoms with Gasteiger partial charge < -0.3 is 15.2 Å². The Morgan fingerprint density at radius 3 is 2.22 bits per heavy atom. The van der Waals surface area contributed by atoms with Gasteiger partial charge in [0.05, 0.1) is 12.2 Å². The number of aliphatic hydroxyl groups is 1. The highest BCUT2D eigenvalue weighted by molar-refractivity contribution is 5.27.